The lowest BCUT2D eigenvalue weighted by molar-refractivity contribution is 0.134. The van der Waals surface area contributed by atoms with Gasteiger partial charge in [0.2, 0.25) is 0 Å². The number of rotatable bonds is 3. The number of benzene rings is 2. The highest BCUT2D eigenvalue weighted by atomic mass is 16.5. The molecule has 18 heavy (non-hydrogen) atoms. The molecule has 0 aliphatic carbocycles. The number of hydrogen-bond acceptors (Lipinski definition) is 2. The molecule has 0 bridgehead atoms. The second-order valence-electron chi connectivity index (χ2n) is 4.71. The first kappa shape index (κ1) is 11.5. The molecule has 1 N–H and O–H groups in total. The zero-order valence-corrected chi connectivity index (χ0v) is 10.6. The summed E-state index contributed by atoms with van der Waals surface area (Å²) in [4.78, 5) is 0. The van der Waals surface area contributed by atoms with Crippen molar-refractivity contribution >= 4 is 0 Å². The number of nitrogens with one attached hydrogen (secondary N) is 1. The summed E-state index contributed by atoms with van der Waals surface area (Å²) in [5, 5.41) is 3.18. The molecule has 0 amide bonds. The van der Waals surface area contributed by atoms with Gasteiger partial charge in [0.15, 0.2) is 0 Å². The van der Waals surface area contributed by atoms with Crippen molar-refractivity contribution in [2.75, 3.05) is 7.05 Å². The summed E-state index contributed by atoms with van der Waals surface area (Å²) in [6, 6.07) is 15.3. The van der Waals surface area contributed by atoms with Crippen LogP contribution in [0, 0.1) is 0 Å². The lowest BCUT2D eigenvalue weighted by atomic mass is 9.99. The van der Waals surface area contributed by atoms with Crippen LogP contribution < -0.4 is 5.32 Å². The summed E-state index contributed by atoms with van der Waals surface area (Å²) in [6.45, 7) is 2.41. The van der Waals surface area contributed by atoms with Gasteiger partial charge in [-0.2, -0.15) is 0 Å². The van der Waals surface area contributed by atoms with Gasteiger partial charge >= 0.3 is 0 Å². The fraction of sp³-hybridized carbons (Fsp3) is 0.250. The van der Waals surface area contributed by atoms with Crippen LogP contribution in [0.4, 0.5) is 0 Å². The van der Waals surface area contributed by atoms with Crippen molar-refractivity contribution in [2.45, 2.75) is 19.8 Å². The van der Waals surface area contributed by atoms with Crippen molar-refractivity contribution in [2.24, 2.45) is 0 Å². The Balaban J connectivity index is 1.96. The van der Waals surface area contributed by atoms with Gasteiger partial charge in [-0.1, -0.05) is 30.3 Å². The Morgan fingerprint density at radius 3 is 2.72 bits per heavy atom. The van der Waals surface area contributed by atoms with Gasteiger partial charge in [0.25, 0.3) is 0 Å². The van der Waals surface area contributed by atoms with Crippen molar-refractivity contribution in [3.05, 3.63) is 59.2 Å². The smallest absolute Gasteiger partial charge is 0.0725 e. The third-order valence-electron chi connectivity index (χ3n) is 3.36. The molecule has 0 aromatic heterocycles. The maximum atomic E-state index is 5.46. The number of hydrogen-bond donors (Lipinski definition) is 1. The zero-order valence-electron chi connectivity index (χ0n) is 10.6. The van der Waals surface area contributed by atoms with Gasteiger partial charge in [0, 0.05) is 6.54 Å². The summed E-state index contributed by atoms with van der Waals surface area (Å²) < 4.78 is 5.46. The zero-order chi connectivity index (χ0) is 12.4. The molecular weight excluding hydrogens is 222 g/mol. The molecule has 92 valence electrons. The van der Waals surface area contributed by atoms with Crippen LogP contribution in [0.25, 0.3) is 11.1 Å². The summed E-state index contributed by atoms with van der Waals surface area (Å²) in [5.41, 5.74) is 6.51. The van der Waals surface area contributed by atoms with Crippen LogP contribution in [0.2, 0.25) is 0 Å². The van der Waals surface area contributed by atoms with Gasteiger partial charge in [0.1, 0.15) is 0 Å². The van der Waals surface area contributed by atoms with E-state index in [1.54, 1.807) is 0 Å². The highest BCUT2D eigenvalue weighted by Gasteiger charge is 2.11. The first-order chi connectivity index (χ1) is 8.86. The van der Waals surface area contributed by atoms with Crippen LogP contribution in [0.1, 0.15) is 16.7 Å². The first-order valence-corrected chi connectivity index (χ1v) is 6.30. The Morgan fingerprint density at radius 2 is 1.83 bits per heavy atom. The lowest BCUT2D eigenvalue weighted by Gasteiger charge is -2.07. The summed E-state index contributed by atoms with van der Waals surface area (Å²) in [6.07, 6.45) is 0. The summed E-state index contributed by atoms with van der Waals surface area (Å²) in [5.74, 6) is 0. The molecule has 0 spiro atoms. The number of fused-ring (bicyclic) bond motifs is 1. The van der Waals surface area contributed by atoms with E-state index >= 15 is 0 Å². The fourth-order valence-electron chi connectivity index (χ4n) is 2.42. The second-order valence-corrected chi connectivity index (χ2v) is 4.71. The predicted octanol–water partition coefficient (Wildman–Crippen LogP) is 3.10. The van der Waals surface area contributed by atoms with Crippen molar-refractivity contribution in [1.29, 1.82) is 0 Å². The Kier molecular flexibility index (Phi) is 3.13. The van der Waals surface area contributed by atoms with E-state index in [0.717, 1.165) is 19.8 Å². The highest BCUT2D eigenvalue weighted by Crippen LogP contribution is 2.27. The van der Waals surface area contributed by atoms with Crippen LogP contribution in [0.5, 0.6) is 0 Å². The third kappa shape index (κ3) is 2.17. The van der Waals surface area contributed by atoms with E-state index in [2.05, 4.69) is 47.8 Å². The van der Waals surface area contributed by atoms with Gasteiger partial charge < -0.3 is 10.1 Å². The van der Waals surface area contributed by atoms with Crippen molar-refractivity contribution in [1.82, 2.24) is 5.32 Å². The van der Waals surface area contributed by atoms with E-state index in [0.29, 0.717) is 0 Å². The number of ether oxygens (including phenoxy) is 1. The largest absolute Gasteiger partial charge is 0.372 e. The molecule has 2 aromatic rings. The predicted molar refractivity (Wildman–Crippen MR) is 73.1 cm³/mol. The van der Waals surface area contributed by atoms with Gasteiger partial charge in [-0.3, -0.25) is 0 Å². The summed E-state index contributed by atoms with van der Waals surface area (Å²) >= 11 is 0. The van der Waals surface area contributed by atoms with Gasteiger partial charge in [-0.25, -0.2) is 0 Å². The third-order valence-corrected chi connectivity index (χ3v) is 3.36. The van der Waals surface area contributed by atoms with Crippen LogP contribution in [-0.4, -0.2) is 7.05 Å². The molecule has 0 fully saturated rings. The Hall–Kier alpha value is -1.64. The van der Waals surface area contributed by atoms with Crippen LogP contribution in [-0.2, 0) is 24.5 Å². The van der Waals surface area contributed by atoms with Crippen LogP contribution >= 0.6 is 0 Å². The Morgan fingerprint density at radius 1 is 1.00 bits per heavy atom. The maximum absolute atomic E-state index is 5.46. The first-order valence-electron chi connectivity index (χ1n) is 6.30. The van der Waals surface area contributed by atoms with Crippen molar-refractivity contribution in [3.63, 3.8) is 0 Å². The van der Waals surface area contributed by atoms with Crippen molar-refractivity contribution < 1.29 is 4.74 Å². The van der Waals surface area contributed by atoms with Gasteiger partial charge in [-0.05, 0) is 47.0 Å². The molecule has 2 nitrogen and oxygen atoms in total. The average Bonchev–Trinajstić information content (AvgIpc) is 2.86. The average molecular weight is 239 g/mol. The molecular formula is C16H17NO. The van der Waals surface area contributed by atoms with E-state index in [1.807, 2.05) is 7.05 Å². The Labute approximate surface area is 108 Å². The molecule has 3 rings (SSSR count). The normalized spacial score (nSPS) is 13.6. The quantitative estimate of drug-likeness (QED) is 0.888. The van der Waals surface area contributed by atoms with E-state index in [9.17, 15) is 0 Å². The SMILES string of the molecule is CNCc1cccc(-c2ccc3c(c2)COC3)c1. The van der Waals surface area contributed by atoms with Gasteiger partial charge in [0.05, 0.1) is 13.2 Å². The molecule has 2 heteroatoms. The lowest BCUT2D eigenvalue weighted by Crippen LogP contribution is -2.04. The minimum Gasteiger partial charge on any atom is -0.372 e. The van der Waals surface area contributed by atoms with Crippen LogP contribution in [0.15, 0.2) is 42.5 Å². The molecule has 0 saturated carbocycles. The van der Waals surface area contributed by atoms with E-state index in [-0.39, 0.29) is 0 Å². The van der Waals surface area contributed by atoms with E-state index in [4.69, 9.17) is 4.74 Å². The van der Waals surface area contributed by atoms with Gasteiger partial charge in [-0.15, -0.1) is 0 Å². The topological polar surface area (TPSA) is 21.3 Å². The highest BCUT2D eigenvalue weighted by molar-refractivity contribution is 5.65. The molecule has 2 aromatic carbocycles. The van der Waals surface area contributed by atoms with Crippen LogP contribution in [0.3, 0.4) is 0 Å². The molecule has 0 radical (unpaired) electrons. The molecule has 0 saturated heterocycles. The van der Waals surface area contributed by atoms with Crippen molar-refractivity contribution in [3.8, 4) is 11.1 Å². The van der Waals surface area contributed by atoms with E-state index in [1.165, 1.54) is 27.8 Å². The molecule has 1 aliphatic rings. The van der Waals surface area contributed by atoms with E-state index < -0.39 is 0 Å². The minimum atomic E-state index is 0.749. The standard InChI is InChI=1S/C16H17NO/c1-17-9-12-3-2-4-13(7-12)14-5-6-15-10-18-11-16(15)8-14/h2-8,17H,9-11H2,1H3. The molecule has 1 aliphatic heterocycles. The minimum absolute atomic E-state index is 0.749. The fourth-order valence-corrected chi connectivity index (χ4v) is 2.42. The molecule has 1 heterocycles. The second kappa shape index (κ2) is 4.92. The monoisotopic (exact) mass is 239 g/mol. The maximum Gasteiger partial charge on any atom is 0.0725 e. The summed E-state index contributed by atoms with van der Waals surface area (Å²) in [7, 11) is 1.97. The Bertz CT molecular complexity index is 563. The molecule has 0 atom stereocenters. The molecule has 0 unspecified atom stereocenters.